The minimum atomic E-state index is 0.663. The van der Waals surface area contributed by atoms with E-state index >= 15 is 0 Å². The maximum absolute atomic E-state index is 5.62. The molecule has 3 heterocycles. The smallest absolute Gasteiger partial charge is 0.231 e. The molecule has 1 aliphatic rings. The Morgan fingerprint density at radius 1 is 1.25 bits per heavy atom. The molecule has 0 radical (unpaired) electrons. The van der Waals surface area contributed by atoms with Crippen LogP contribution in [0.4, 0.5) is 5.82 Å². The van der Waals surface area contributed by atoms with Crippen LogP contribution in [0.25, 0.3) is 11.1 Å². The molecule has 1 fully saturated rings. The normalized spacial score (nSPS) is 16.7. The van der Waals surface area contributed by atoms with Gasteiger partial charge in [-0.2, -0.15) is 0 Å². The van der Waals surface area contributed by atoms with Gasteiger partial charge in [-0.1, -0.05) is 0 Å². The van der Waals surface area contributed by atoms with Crippen LogP contribution in [-0.4, -0.2) is 49.4 Å². The molecule has 0 amide bonds. The number of fused-ring (bicyclic) bond motifs is 1. The molecule has 0 unspecified atom stereocenters. The van der Waals surface area contributed by atoms with Crippen molar-refractivity contribution in [2.24, 2.45) is 0 Å². The number of hydrogen-bond acceptors (Lipinski definition) is 5. The van der Waals surface area contributed by atoms with Crippen LogP contribution in [0.3, 0.4) is 0 Å². The third-order valence-corrected chi connectivity index (χ3v) is 3.94. The molecular formula is C14H21N4O2+. The Morgan fingerprint density at radius 2 is 2.05 bits per heavy atom. The molecule has 2 N–H and O–H groups in total. The first-order valence-electron chi connectivity index (χ1n) is 7.11. The number of aromatic nitrogens is 2. The zero-order valence-electron chi connectivity index (χ0n) is 12.0. The number of anilines is 1. The van der Waals surface area contributed by atoms with Crippen LogP contribution < -0.4 is 10.2 Å². The molecule has 6 nitrogen and oxygen atoms in total. The molecule has 0 atom stereocenters. The predicted octanol–water partition coefficient (Wildman–Crippen LogP) is 0.167. The second-order valence-corrected chi connectivity index (χ2v) is 5.22. The highest BCUT2D eigenvalue weighted by Crippen LogP contribution is 2.27. The van der Waals surface area contributed by atoms with Crippen molar-refractivity contribution in [2.45, 2.75) is 13.8 Å². The second-order valence-electron chi connectivity index (χ2n) is 5.22. The molecular weight excluding hydrogens is 256 g/mol. The Morgan fingerprint density at radius 3 is 2.85 bits per heavy atom. The summed E-state index contributed by atoms with van der Waals surface area (Å²) in [7, 11) is 0. The van der Waals surface area contributed by atoms with E-state index in [0.29, 0.717) is 5.71 Å². The van der Waals surface area contributed by atoms with Gasteiger partial charge in [0.1, 0.15) is 31.0 Å². The first-order chi connectivity index (χ1) is 9.75. The molecule has 0 bridgehead atoms. The van der Waals surface area contributed by atoms with E-state index in [9.17, 15) is 0 Å². The van der Waals surface area contributed by atoms with E-state index < -0.39 is 0 Å². The van der Waals surface area contributed by atoms with Crippen LogP contribution in [0, 0.1) is 13.8 Å². The van der Waals surface area contributed by atoms with E-state index in [4.69, 9.17) is 9.15 Å². The summed E-state index contributed by atoms with van der Waals surface area (Å²) in [6.07, 6.45) is 1.55. The van der Waals surface area contributed by atoms with Crippen molar-refractivity contribution in [1.29, 1.82) is 0 Å². The Labute approximate surface area is 118 Å². The highest BCUT2D eigenvalue weighted by molar-refractivity contribution is 5.89. The van der Waals surface area contributed by atoms with Crippen molar-refractivity contribution in [3.8, 4) is 0 Å². The third kappa shape index (κ3) is 2.62. The summed E-state index contributed by atoms with van der Waals surface area (Å²) < 4.78 is 11.0. The molecule has 2 aromatic rings. The molecule has 0 saturated carbocycles. The van der Waals surface area contributed by atoms with E-state index in [1.165, 1.54) is 0 Å². The van der Waals surface area contributed by atoms with Gasteiger partial charge in [0, 0.05) is 5.56 Å². The van der Waals surface area contributed by atoms with E-state index in [1.54, 1.807) is 11.2 Å². The van der Waals surface area contributed by atoms with E-state index in [-0.39, 0.29) is 0 Å². The van der Waals surface area contributed by atoms with Gasteiger partial charge in [0.15, 0.2) is 0 Å². The Hall–Kier alpha value is -1.66. The van der Waals surface area contributed by atoms with Gasteiger partial charge in [0.05, 0.1) is 31.7 Å². The fourth-order valence-electron chi connectivity index (χ4n) is 2.58. The van der Waals surface area contributed by atoms with Gasteiger partial charge < -0.3 is 19.4 Å². The van der Waals surface area contributed by atoms with Crippen LogP contribution in [-0.2, 0) is 4.74 Å². The standard InChI is InChI=1S/C14H20N4O2/c1-10-11(2)20-14-12(10)13(16-9-17-14)15-3-4-18-5-7-19-8-6-18/h9H,3-8H2,1-2H3,(H,15,16,17)/p+1. The summed E-state index contributed by atoms with van der Waals surface area (Å²) in [5, 5.41) is 4.42. The number of ether oxygens (including phenoxy) is 1. The van der Waals surface area contributed by atoms with Gasteiger partial charge in [-0.3, -0.25) is 0 Å². The van der Waals surface area contributed by atoms with E-state index in [1.807, 2.05) is 13.8 Å². The summed E-state index contributed by atoms with van der Waals surface area (Å²) in [6.45, 7) is 9.88. The lowest BCUT2D eigenvalue weighted by molar-refractivity contribution is -0.906. The number of quaternary nitrogens is 1. The fraction of sp³-hybridized carbons (Fsp3) is 0.571. The summed E-state index contributed by atoms with van der Waals surface area (Å²) in [6, 6.07) is 0. The number of nitrogens with one attached hydrogen (secondary N) is 2. The monoisotopic (exact) mass is 277 g/mol. The summed E-state index contributed by atoms with van der Waals surface area (Å²) >= 11 is 0. The molecule has 108 valence electrons. The highest BCUT2D eigenvalue weighted by Gasteiger charge is 2.15. The number of aryl methyl sites for hydroxylation is 2. The summed E-state index contributed by atoms with van der Waals surface area (Å²) in [4.78, 5) is 10.1. The average molecular weight is 277 g/mol. The lowest BCUT2D eigenvalue weighted by atomic mass is 10.2. The molecule has 1 saturated heterocycles. The van der Waals surface area contributed by atoms with Gasteiger partial charge in [-0.15, -0.1) is 0 Å². The molecule has 2 aromatic heterocycles. The lowest BCUT2D eigenvalue weighted by Crippen LogP contribution is -3.14. The topological polar surface area (TPSA) is 64.6 Å². The quantitative estimate of drug-likeness (QED) is 0.834. The van der Waals surface area contributed by atoms with E-state index in [2.05, 4.69) is 15.3 Å². The van der Waals surface area contributed by atoms with Gasteiger partial charge in [-0.05, 0) is 13.8 Å². The minimum Gasteiger partial charge on any atom is -0.443 e. The van der Waals surface area contributed by atoms with Crippen molar-refractivity contribution in [2.75, 3.05) is 44.7 Å². The predicted molar refractivity (Wildman–Crippen MR) is 76.2 cm³/mol. The summed E-state index contributed by atoms with van der Waals surface area (Å²) in [5.74, 6) is 1.78. The Balaban J connectivity index is 1.68. The van der Waals surface area contributed by atoms with Crippen molar-refractivity contribution in [3.05, 3.63) is 17.7 Å². The van der Waals surface area contributed by atoms with Crippen molar-refractivity contribution >= 4 is 16.9 Å². The first-order valence-corrected chi connectivity index (χ1v) is 7.11. The molecule has 0 spiro atoms. The lowest BCUT2D eigenvalue weighted by Gasteiger charge is -2.23. The SMILES string of the molecule is Cc1oc2ncnc(NCC[NH+]3CCOCC3)c2c1C. The number of morpholine rings is 1. The highest BCUT2D eigenvalue weighted by atomic mass is 16.5. The average Bonchev–Trinajstić information content (AvgIpc) is 2.76. The molecule has 6 heteroatoms. The maximum Gasteiger partial charge on any atom is 0.231 e. The molecule has 1 aliphatic heterocycles. The Kier molecular flexibility index (Phi) is 3.84. The molecule has 0 aliphatic carbocycles. The van der Waals surface area contributed by atoms with Crippen LogP contribution >= 0.6 is 0 Å². The largest absolute Gasteiger partial charge is 0.443 e. The zero-order valence-corrected chi connectivity index (χ0v) is 12.0. The number of rotatable bonds is 4. The van der Waals surface area contributed by atoms with Gasteiger partial charge in [0.25, 0.3) is 0 Å². The fourth-order valence-corrected chi connectivity index (χ4v) is 2.58. The van der Waals surface area contributed by atoms with Crippen molar-refractivity contribution in [3.63, 3.8) is 0 Å². The van der Waals surface area contributed by atoms with Crippen LogP contribution in [0.15, 0.2) is 10.7 Å². The molecule has 0 aromatic carbocycles. The van der Waals surface area contributed by atoms with E-state index in [0.717, 1.165) is 61.9 Å². The van der Waals surface area contributed by atoms with Gasteiger partial charge >= 0.3 is 0 Å². The van der Waals surface area contributed by atoms with Crippen LogP contribution in [0.5, 0.6) is 0 Å². The Bertz CT molecular complexity index is 590. The molecule has 20 heavy (non-hydrogen) atoms. The summed E-state index contributed by atoms with van der Waals surface area (Å²) in [5.41, 5.74) is 1.78. The van der Waals surface area contributed by atoms with Gasteiger partial charge in [-0.25, -0.2) is 9.97 Å². The third-order valence-electron chi connectivity index (χ3n) is 3.94. The maximum atomic E-state index is 5.62. The number of furan rings is 1. The molecule has 3 rings (SSSR count). The van der Waals surface area contributed by atoms with Crippen LogP contribution in [0.1, 0.15) is 11.3 Å². The zero-order chi connectivity index (χ0) is 13.9. The minimum absolute atomic E-state index is 0.663. The van der Waals surface area contributed by atoms with Crippen molar-refractivity contribution in [1.82, 2.24) is 9.97 Å². The number of hydrogen-bond donors (Lipinski definition) is 2. The first kappa shape index (κ1) is 13.3. The van der Waals surface area contributed by atoms with Crippen molar-refractivity contribution < 1.29 is 14.1 Å². The van der Waals surface area contributed by atoms with Crippen LogP contribution in [0.2, 0.25) is 0 Å². The second kappa shape index (κ2) is 5.76. The van der Waals surface area contributed by atoms with Gasteiger partial charge in [0.2, 0.25) is 5.71 Å². The number of nitrogens with zero attached hydrogens (tertiary/aromatic N) is 2.